The van der Waals surface area contributed by atoms with E-state index in [-0.39, 0.29) is 12.5 Å². The molecule has 0 aliphatic heterocycles. The van der Waals surface area contributed by atoms with Gasteiger partial charge in [0, 0.05) is 5.56 Å². The van der Waals surface area contributed by atoms with Gasteiger partial charge in [0.15, 0.2) is 0 Å². The zero-order valence-electron chi connectivity index (χ0n) is 14.9. The van der Waals surface area contributed by atoms with Gasteiger partial charge in [-0.25, -0.2) is 5.43 Å². The third kappa shape index (κ3) is 5.05. The van der Waals surface area contributed by atoms with Gasteiger partial charge < -0.3 is 5.32 Å². The summed E-state index contributed by atoms with van der Waals surface area (Å²) in [7, 11) is 0. The van der Waals surface area contributed by atoms with E-state index in [0.29, 0.717) is 21.9 Å². The lowest BCUT2D eigenvalue weighted by atomic mass is 10.1. The minimum atomic E-state index is -0.423. The Morgan fingerprint density at radius 1 is 0.750 bits per heavy atom. The van der Waals surface area contributed by atoms with Crippen molar-refractivity contribution in [2.75, 3.05) is 6.54 Å². The van der Waals surface area contributed by atoms with Gasteiger partial charge in [-0.05, 0) is 29.8 Å². The summed E-state index contributed by atoms with van der Waals surface area (Å²) in [5, 5.41) is 7.39. The Hall–Kier alpha value is -3.44. The van der Waals surface area contributed by atoms with Crippen molar-refractivity contribution in [3.05, 3.63) is 107 Å². The van der Waals surface area contributed by atoms with E-state index in [4.69, 9.17) is 11.6 Å². The van der Waals surface area contributed by atoms with Crippen molar-refractivity contribution in [1.29, 1.82) is 0 Å². The van der Waals surface area contributed by atoms with Crippen molar-refractivity contribution in [1.82, 2.24) is 10.7 Å². The van der Waals surface area contributed by atoms with Crippen molar-refractivity contribution in [2.24, 2.45) is 5.10 Å². The van der Waals surface area contributed by atoms with Crippen LogP contribution in [0.1, 0.15) is 26.3 Å². The molecule has 3 rings (SSSR count). The molecule has 0 saturated heterocycles. The highest BCUT2D eigenvalue weighted by molar-refractivity contribution is 6.33. The molecule has 3 aromatic carbocycles. The van der Waals surface area contributed by atoms with Crippen LogP contribution in [0.25, 0.3) is 0 Å². The number of carbonyl (C=O) groups is 2. The maximum atomic E-state index is 12.4. The summed E-state index contributed by atoms with van der Waals surface area (Å²) in [4.78, 5) is 24.7. The first-order valence-corrected chi connectivity index (χ1v) is 9.03. The highest BCUT2D eigenvalue weighted by Crippen LogP contribution is 2.14. The maximum Gasteiger partial charge on any atom is 0.272 e. The van der Waals surface area contributed by atoms with E-state index in [1.165, 1.54) is 0 Å². The van der Waals surface area contributed by atoms with Crippen molar-refractivity contribution >= 4 is 29.1 Å². The monoisotopic (exact) mass is 391 g/mol. The fourth-order valence-electron chi connectivity index (χ4n) is 2.52. The van der Waals surface area contributed by atoms with Gasteiger partial charge in [0.2, 0.25) is 0 Å². The Kier molecular flexibility index (Phi) is 6.54. The van der Waals surface area contributed by atoms with E-state index in [9.17, 15) is 9.59 Å². The fourth-order valence-corrected chi connectivity index (χ4v) is 2.74. The minimum absolute atomic E-state index is 0.153. The van der Waals surface area contributed by atoms with E-state index >= 15 is 0 Å². The predicted molar refractivity (Wildman–Crippen MR) is 111 cm³/mol. The minimum Gasteiger partial charge on any atom is -0.346 e. The van der Waals surface area contributed by atoms with Crippen LogP contribution in [0, 0.1) is 0 Å². The maximum absolute atomic E-state index is 12.4. The number of hydrazone groups is 1. The second kappa shape index (κ2) is 9.48. The molecular formula is C22H18ClN3O2. The van der Waals surface area contributed by atoms with E-state index in [1.54, 1.807) is 48.5 Å². The number of nitrogens with one attached hydrogen (secondary N) is 2. The largest absolute Gasteiger partial charge is 0.346 e. The lowest BCUT2D eigenvalue weighted by Crippen LogP contribution is -2.32. The summed E-state index contributed by atoms with van der Waals surface area (Å²) in [6.45, 7) is 0.153. The molecule has 0 fully saturated rings. The molecule has 0 atom stereocenters. The first-order valence-electron chi connectivity index (χ1n) is 8.65. The summed E-state index contributed by atoms with van der Waals surface area (Å²) < 4.78 is 0. The molecule has 0 aromatic heterocycles. The molecule has 6 heteroatoms. The molecule has 0 saturated carbocycles. The first-order chi connectivity index (χ1) is 13.6. The molecule has 2 amide bonds. The van der Waals surface area contributed by atoms with Crippen LogP contribution < -0.4 is 10.7 Å². The number of carbonyl (C=O) groups excluding carboxylic acids is 2. The number of amides is 2. The highest BCUT2D eigenvalue weighted by Gasteiger charge is 2.11. The summed E-state index contributed by atoms with van der Waals surface area (Å²) >= 11 is 6.06. The van der Waals surface area contributed by atoms with Crippen LogP contribution in [0.4, 0.5) is 0 Å². The van der Waals surface area contributed by atoms with Crippen LogP contribution in [0.2, 0.25) is 5.02 Å². The SMILES string of the molecule is O=C(NCC(=NNC(=O)c1ccccc1Cl)c1ccccc1)c1ccccc1. The van der Waals surface area contributed by atoms with Crippen molar-refractivity contribution in [3.8, 4) is 0 Å². The number of nitrogens with zero attached hydrogens (tertiary/aromatic N) is 1. The molecule has 5 nitrogen and oxygen atoms in total. The Bertz CT molecular complexity index is 989. The Morgan fingerprint density at radius 3 is 1.96 bits per heavy atom. The molecule has 0 spiro atoms. The molecule has 140 valence electrons. The van der Waals surface area contributed by atoms with Gasteiger partial charge >= 0.3 is 0 Å². The number of halogens is 1. The van der Waals surface area contributed by atoms with Gasteiger partial charge in [-0.1, -0.05) is 72.3 Å². The van der Waals surface area contributed by atoms with Gasteiger partial charge in [0.25, 0.3) is 11.8 Å². The third-order valence-electron chi connectivity index (χ3n) is 3.97. The third-order valence-corrected chi connectivity index (χ3v) is 4.30. The Labute approximate surface area is 168 Å². The molecule has 0 unspecified atom stereocenters. The van der Waals surface area contributed by atoms with E-state index < -0.39 is 5.91 Å². The lowest BCUT2D eigenvalue weighted by Gasteiger charge is -2.10. The number of hydrogen-bond donors (Lipinski definition) is 2. The highest BCUT2D eigenvalue weighted by atomic mass is 35.5. The zero-order chi connectivity index (χ0) is 19.8. The molecule has 0 heterocycles. The van der Waals surface area contributed by atoms with Gasteiger partial charge in [-0.2, -0.15) is 5.10 Å². The van der Waals surface area contributed by atoms with Gasteiger partial charge in [0.1, 0.15) is 0 Å². The number of rotatable bonds is 6. The van der Waals surface area contributed by atoms with Gasteiger partial charge in [-0.15, -0.1) is 0 Å². The molecule has 0 bridgehead atoms. The smallest absolute Gasteiger partial charge is 0.272 e. The van der Waals surface area contributed by atoms with Crippen LogP contribution in [-0.2, 0) is 0 Å². The summed E-state index contributed by atoms with van der Waals surface area (Å²) in [5.74, 6) is -0.643. The predicted octanol–water partition coefficient (Wildman–Crippen LogP) is 3.90. The van der Waals surface area contributed by atoms with Crippen LogP contribution in [0.3, 0.4) is 0 Å². The molecule has 0 aliphatic carbocycles. The molecule has 3 aromatic rings. The summed E-state index contributed by atoms with van der Waals surface area (Å²) in [6, 6.07) is 24.9. The van der Waals surface area contributed by atoms with Crippen LogP contribution in [-0.4, -0.2) is 24.1 Å². The molecule has 0 radical (unpaired) electrons. The first kappa shape index (κ1) is 19.3. The number of hydrogen-bond acceptors (Lipinski definition) is 3. The van der Waals surface area contributed by atoms with Crippen molar-refractivity contribution in [2.45, 2.75) is 0 Å². The normalized spacial score (nSPS) is 11.0. The van der Waals surface area contributed by atoms with Crippen molar-refractivity contribution in [3.63, 3.8) is 0 Å². The second-order valence-electron chi connectivity index (χ2n) is 5.89. The average Bonchev–Trinajstić information content (AvgIpc) is 2.75. The van der Waals surface area contributed by atoms with Crippen molar-refractivity contribution < 1.29 is 9.59 Å². The second-order valence-corrected chi connectivity index (χ2v) is 6.30. The van der Waals surface area contributed by atoms with E-state index in [1.807, 2.05) is 36.4 Å². The quantitative estimate of drug-likeness (QED) is 0.494. The molecule has 28 heavy (non-hydrogen) atoms. The lowest BCUT2D eigenvalue weighted by molar-refractivity contribution is 0.0952. The van der Waals surface area contributed by atoms with E-state index in [0.717, 1.165) is 5.56 Å². The topological polar surface area (TPSA) is 70.6 Å². The number of benzene rings is 3. The molecule has 2 N–H and O–H groups in total. The van der Waals surface area contributed by atoms with Gasteiger partial charge in [-0.3, -0.25) is 9.59 Å². The Morgan fingerprint density at radius 2 is 1.32 bits per heavy atom. The summed E-state index contributed by atoms with van der Waals surface area (Å²) in [5.41, 5.74) is 4.70. The summed E-state index contributed by atoms with van der Waals surface area (Å²) in [6.07, 6.45) is 0. The Balaban J connectivity index is 1.76. The van der Waals surface area contributed by atoms with Crippen LogP contribution >= 0.6 is 11.6 Å². The molecular weight excluding hydrogens is 374 g/mol. The van der Waals surface area contributed by atoms with Crippen LogP contribution in [0.15, 0.2) is 90.0 Å². The average molecular weight is 392 g/mol. The standard InChI is InChI=1S/C22H18ClN3O2/c23-19-14-8-7-13-18(19)22(28)26-25-20(16-9-3-1-4-10-16)15-24-21(27)17-11-5-2-6-12-17/h1-14H,15H2,(H,24,27)(H,26,28). The van der Waals surface area contributed by atoms with E-state index in [2.05, 4.69) is 15.8 Å². The fraction of sp³-hybridized carbons (Fsp3) is 0.0455. The zero-order valence-corrected chi connectivity index (χ0v) is 15.7. The van der Waals surface area contributed by atoms with Gasteiger partial charge in [0.05, 0.1) is 22.8 Å². The van der Waals surface area contributed by atoms with Crippen LogP contribution in [0.5, 0.6) is 0 Å². The molecule has 0 aliphatic rings.